The molecule has 2 saturated heterocycles. The van der Waals surface area contributed by atoms with E-state index in [9.17, 15) is 13.2 Å². The summed E-state index contributed by atoms with van der Waals surface area (Å²) in [4.78, 5) is 13.5. The fourth-order valence-corrected chi connectivity index (χ4v) is 6.14. The number of piperidine rings is 1. The number of nitrogens with one attached hydrogen (secondary N) is 1. The number of fused-ring (bicyclic) bond motifs is 1. The van der Waals surface area contributed by atoms with Gasteiger partial charge in [-0.2, -0.15) is 18.3 Å². The molecule has 7 nitrogen and oxygen atoms in total. The van der Waals surface area contributed by atoms with Crippen LogP contribution in [0.15, 0.2) is 24.4 Å². The zero-order chi connectivity index (χ0) is 27.0. The van der Waals surface area contributed by atoms with E-state index >= 15 is 0 Å². The Kier molecular flexibility index (Phi) is 8.05. The highest BCUT2D eigenvalue weighted by Gasteiger charge is 2.40. The number of alkyl halides is 3. The van der Waals surface area contributed by atoms with Gasteiger partial charge >= 0.3 is 6.18 Å². The first-order valence-electron chi connectivity index (χ1n) is 13.1. The van der Waals surface area contributed by atoms with E-state index in [-0.39, 0.29) is 11.2 Å². The van der Waals surface area contributed by atoms with Crippen LogP contribution in [-0.2, 0) is 6.18 Å². The summed E-state index contributed by atoms with van der Waals surface area (Å²) in [6.07, 6.45) is -0.820. The van der Waals surface area contributed by atoms with E-state index < -0.39 is 17.9 Å². The summed E-state index contributed by atoms with van der Waals surface area (Å²) in [6, 6.07) is 4.30. The molecule has 2 fully saturated rings. The van der Waals surface area contributed by atoms with Gasteiger partial charge in [0, 0.05) is 42.8 Å². The molecule has 5 rings (SSSR count). The summed E-state index contributed by atoms with van der Waals surface area (Å²) in [6.45, 7) is 10.8. The van der Waals surface area contributed by atoms with Crippen molar-refractivity contribution in [3.05, 3.63) is 45.7 Å². The first kappa shape index (κ1) is 27.4. The van der Waals surface area contributed by atoms with Crippen molar-refractivity contribution < 1.29 is 13.2 Å². The molecule has 2 atom stereocenters. The maximum Gasteiger partial charge on any atom is 0.437 e. The molecule has 4 heterocycles. The molecule has 2 aromatic heterocycles. The van der Waals surface area contributed by atoms with Crippen molar-refractivity contribution in [3.8, 4) is 0 Å². The normalized spacial score (nSPS) is 20.2. The van der Waals surface area contributed by atoms with E-state index in [1.807, 2.05) is 0 Å². The number of hydrogen-bond donors (Lipinski definition) is 1. The molecule has 0 aliphatic carbocycles. The fraction of sp³-hybridized carbons (Fsp3) is 0.577. The number of likely N-dealkylation sites (tertiary alicyclic amines) is 1. The van der Waals surface area contributed by atoms with Crippen molar-refractivity contribution in [2.75, 3.05) is 50.7 Å². The van der Waals surface area contributed by atoms with Crippen molar-refractivity contribution in [1.29, 1.82) is 0 Å². The standard InChI is InChI=1S/C26H32Cl2F3N7/c1-3-32-8-10-36-9-4-5-17(13-36)18-14-37(15-18)22-12-33-23-24(26(29,30)31)35-38(25(23)34-22)16(2)20-7-6-19(27)11-21(20)28/h6-7,11-12,16-18,32H,3-5,8-10,13-15H2,1-2H3. The van der Waals surface area contributed by atoms with Crippen LogP contribution in [0, 0.1) is 11.8 Å². The van der Waals surface area contributed by atoms with Gasteiger partial charge in [0.25, 0.3) is 0 Å². The molecule has 3 aromatic rings. The summed E-state index contributed by atoms with van der Waals surface area (Å²) in [5, 5.41) is 8.11. The number of hydrogen-bond acceptors (Lipinski definition) is 6. The van der Waals surface area contributed by atoms with Gasteiger partial charge in [-0.05, 0) is 62.4 Å². The SMILES string of the molecule is CCNCCN1CCCC(C2CN(c3cnc4c(C(F)(F)F)nn(C(C)c5ccc(Cl)cc5Cl)c4n3)C2)C1. The van der Waals surface area contributed by atoms with Crippen molar-refractivity contribution in [2.45, 2.75) is 38.9 Å². The minimum Gasteiger partial charge on any atom is -0.355 e. The molecule has 1 N–H and O–H groups in total. The molecule has 2 aliphatic heterocycles. The number of likely N-dealkylation sites (N-methyl/N-ethyl adjacent to an activating group) is 1. The molecule has 206 valence electrons. The van der Waals surface area contributed by atoms with Gasteiger partial charge in [-0.15, -0.1) is 0 Å². The van der Waals surface area contributed by atoms with Gasteiger partial charge in [-0.25, -0.2) is 14.6 Å². The number of benzene rings is 1. The molecule has 0 spiro atoms. The summed E-state index contributed by atoms with van der Waals surface area (Å²) >= 11 is 12.4. The third-order valence-corrected chi connectivity index (χ3v) is 8.30. The zero-order valence-corrected chi connectivity index (χ0v) is 23.0. The first-order valence-corrected chi connectivity index (χ1v) is 13.9. The van der Waals surface area contributed by atoms with Gasteiger partial charge in [0.1, 0.15) is 11.3 Å². The minimum absolute atomic E-state index is 0.0871. The molecule has 38 heavy (non-hydrogen) atoms. The van der Waals surface area contributed by atoms with Crippen LogP contribution in [0.25, 0.3) is 11.2 Å². The van der Waals surface area contributed by atoms with Gasteiger partial charge in [-0.3, -0.25) is 0 Å². The Hall–Kier alpha value is -2.14. The molecule has 2 unspecified atom stereocenters. The molecule has 0 radical (unpaired) electrons. The van der Waals surface area contributed by atoms with Crippen molar-refractivity contribution in [2.24, 2.45) is 11.8 Å². The molecule has 2 aliphatic rings. The Labute approximate surface area is 230 Å². The van der Waals surface area contributed by atoms with Crippen molar-refractivity contribution in [3.63, 3.8) is 0 Å². The Bertz CT molecular complexity index is 1280. The average molecular weight is 570 g/mol. The van der Waals surface area contributed by atoms with Gasteiger partial charge < -0.3 is 15.1 Å². The van der Waals surface area contributed by atoms with E-state index in [1.54, 1.807) is 25.1 Å². The van der Waals surface area contributed by atoms with Crippen molar-refractivity contribution >= 4 is 40.2 Å². The lowest BCUT2D eigenvalue weighted by molar-refractivity contribution is -0.140. The van der Waals surface area contributed by atoms with Crippen LogP contribution in [0.3, 0.4) is 0 Å². The lowest BCUT2D eigenvalue weighted by Crippen LogP contribution is -2.54. The van der Waals surface area contributed by atoms with Crippen LogP contribution in [-0.4, -0.2) is 70.5 Å². The van der Waals surface area contributed by atoms with E-state index in [4.69, 9.17) is 23.2 Å². The number of rotatable bonds is 8. The van der Waals surface area contributed by atoms with E-state index in [1.165, 1.54) is 23.7 Å². The van der Waals surface area contributed by atoms with Crippen LogP contribution in [0.5, 0.6) is 0 Å². The average Bonchev–Trinajstić information content (AvgIpc) is 3.23. The van der Waals surface area contributed by atoms with E-state index in [0.29, 0.717) is 33.3 Å². The third-order valence-electron chi connectivity index (χ3n) is 7.74. The second kappa shape index (κ2) is 11.2. The Balaban J connectivity index is 1.36. The van der Waals surface area contributed by atoms with Crippen molar-refractivity contribution in [1.82, 2.24) is 30.0 Å². The quantitative estimate of drug-likeness (QED) is 0.360. The second-order valence-electron chi connectivity index (χ2n) is 10.3. The van der Waals surface area contributed by atoms with Crippen LogP contribution >= 0.6 is 23.2 Å². The highest BCUT2D eigenvalue weighted by molar-refractivity contribution is 6.35. The largest absolute Gasteiger partial charge is 0.437 e. The van der Waals surface area contributed by atoms with Crippen LogP contribution < -0.4 is 10.2 Å². The highest BCUT2D eigenvalue weighted by Crippen LogP contribution is 2.38. The third kappa shape index (κ3) is 5.59. The molecule has 0 amide bonds. The number of aromatic nitrogens is 4. The van der Waals surface area contributed by atoms with E-state index in [0.717, 1.165) is 45.8 Å². The maximum absolute atomic E-state index is 13.8. The molecular formula is C26H32Cl2F3N7. The van der Waals surface area contributed by atoms with Gasteiger partial charge in [-0.1, -0.05) is 36.2 Å². The summed E-state index contributed by atoms with van der Waals surface area (Å²) < 4.78 is 42.8. The number of nitrogens with zero attached hydrogens (tertiary/aromatic N) is 6. The Morgan fingerprint density at radius 3 is 2.66 bits per heavy atom. The summed E-state index contributed by atoms with van der Waals surface area (Å²) in [5.74, 6) is 1.72. The predicted molar refractivity (Wildman–Crippen MR) is 144 cm³/mol. The maximum atomic E-state index is 13.8. The Morgan fingerprint density at radius 2 is 1.95 bits per heavy atom. The van der Waals surface area contributed by atoms with Crippen LogP contribution in [0.1, 0.15) is 44.0 Å². The Morgan fingerprint density at radius 1 is 1.16 bits per heavy atom. The summed E-state index contributed by atoms with van der Waals surface area (Å²) in [7, 11) is 0. The van der Waals surface area contributed by atoms with E-state index in [2.05, 4.69) is 37.1 Å². The molecule has 12 heteroatoms. The second-order valence-corrected chi connectivity index (χ2v) is 11.1. The van der Waals surface area contributed by atoms with Crippen LogP contribution in [0.4, 0.5) is 19.0 Å². The lowest BCUT2D eigenvalue weighted by atomic mass is 9.80. The zero-order valence-electron chi connectivity index (χ0n) is 21.5. The smallest absolute Gasteiger partial charge is 0.355 e. The van der Waals surface area contributed by atoms with Gasteiger partial charge in [0.05, 0.1) is 12.2 Å². The minimum atomic E-state index is -4.66. The molecule has 0 bridgehead atoms. The fourth-order valence-electron chi connectivity index (χ4n) is 5.58. The predicted octanol–water partition coefficient (Wildman–Crippen LogP) is 5.52. The number of anilines is 1. The monoisotopic (exact) mass is 569 g/mol. The topological polar surface area (TPSA) is 62.1 Å². The molecule has 1 aromatic carbocycles. The number of halogens is 5. The van der Waals surface area contributed by atoms with Gasteiger partial charge in [0.2, 0.25) is 0 Å². The first-order chi connectivity index (χ1) is 18.2. The molecular weight excluding hydrogens is 538 g/mol. The summed E-state index contributed by atoms with van der Waals surface area (Å²) in [5.41, 5.74) is -0.630. The lowest BCUT2D eigenvalue weighted by Gasteiger charge is -2.47. The molecule has 0 saturated carbocycles. The van der Waals surface area contributed by atoms with Crippen LogP contribution in [0.2, 0.25) is 10.0 Å². The highest BCUT2D eigenvalue weighted by atomic mass is 35.5. The van der Waals surface area contributed by atoms with Gasteiger partial charge in [0.15, 0.2) is 11.3 Å².